The number of hydrogen-bond acceptors (Lipinski definition) is 4. The zero-order chi connectivity index (χ0) is 13.9. The molecule has 0 amide bonds. The first-order chi connectivity index (χ1) is 9.04. The largest absolute Gasteiger partial charge is 0.381 e. The minimum Gasteiger partial charge on any atom is -0.381 e. The maximum absolute atomic E-state index is 12.2. The molecule has 1 aliphatic heterocycles. The van der Waals surface area contributed by atoms with Gasteiger partial charge in [0.05, 0.1) is 11.5 Å². The van der Waals surface area contributed by atoms with Crippen LogP contribution < -0.4 is 0 Å². The van der Waals surface area contributed by atoms with Crippen LogP contribution in [0.3, 0.4) is 0 Å². The first-order valence-electron chi connectivity index (χ1n) is 6.62. The Kier molecular flexibility index (Phi) is 4.60. The maximum Gasteiger partial charge on any atom is 0.297 e. The van der Waals surface area contributed by atoms with E-state index < -0.39 is 10.1 Å². The molecule has 5 heteroatoms. The number of rotatable bonds is 4. The van der Waals surface area contributed by atoms with Gasteiger partial charge in [-0.2, -0.15) is 8.42 Å². The summed E-state index contributed by atoms with van der Waals surface area (Å²) in [5.41, 5.74) is 1.94. The van der Waals surface area contributed by atoms with Gasteiger partial charge in [-0.25, -0.2) is 0 Å². The summed E-state index contributed by atoms with van der Waals surface area (Å²) in [6.07, 6.45) is 1.72. The Labute approximate surface area is 114 Å². The molecule has 1 saturated heterocycles. The molecular formula is C14H20O4S. The normalized spacial score (nSPS) is 17.6. The van der Waals surface area contributed by atoms with Crippen LogP contribution in [-0.2, 0) is 19.0 Å². The Balaban J connectivity index is 2.43. The molecule has 0 saturated carbocycles. The summed E-state index contributed by atoms with van der Waals surface area (Å²) >= 11 is 0. The van der Waals surface area contributed by atoms with Crippen molar-refractivity contribution < 1.29 is 17.3 Å². The summed E-state index contributed by atoms with van der Waals surface area (Å²) < 4.78 is 34.6. The summed E-state index contributed by atoms with van der Waals surface area (Å²) in [6, 6.07) is 5.43. The fraction of sp³-hybridized carbons (Fsp3) is 0.571. The Morgan fingerprint density at radius 1 is 1.32 bits per heavy atom. The fourth-order valence-corrected chi connectivity index (χ4v) is 3.63. The molecule has 1 aliphatic rings. The summed E-state index contributed by atoms with van der Waals surface area (Å²) in [4.78, 5) is 0.312. The number of benzene rings is 1. The van der Waals surface area contributed by atoms with Crippen LogP contribution in [0.2, 0.25) is 0 Å². The number of aryl methyl sites for hydroxylation is 1. The molecule has 2 rings (SSSR count). The zero-order valence-corrected chi connectivity index (χ0v) is 12.2. The molecule has 0 atom stereocenters. The number of hydrogen-bond donors (Lipinski definition) is 0. The maximum atomic E-state index is 12.2. The lowest BCUT2D eigenvalue weighted by molar-refractivity contribution is 0.0847. The first-order valence-corrected chi connectivity index (χ1v) is 8.03. The second-order valence-electron chi connectivity index (χ2n) is 4.79. The number of ether oxygens (including phenoxy) is 1. The first kappa shape index (κ1) is 14.5. The van der Waals surface area contributed by atoms with E-state index >= 15 is 0 Å². The van der Waals surface area contributed by atoms with Crippen molar-refractivity contribution in [2.45, 2.75) is 37.5 Å². The van der Waals surface area contributed by atoms with Crippen LogP contribution in [0.1, 0.15) is 36.8 Å². The second kappa shape index (κ2) is 6.03. The molecule has 0 N–H and O–H groups in total. The lowest BCUT2D eigenvalue weighted by atomic mass is 9.91. The third-order valence-corrected chi connectivity index (χ3v) is 4.83. The van der Waals surface area contributed by atoms with Crippen LogP contribution in [-0.4, -0.2) is 28.2 Å². The molecule has 4 nitrogen and oxygen atoms in total. The standard InChI is InChI=1S/C14H20O4S/c1-3-18-19(15,16)14-5-4-11(2)10-13(14)12-6-8-17-9-7-12/h4-5,10,12H,3,6-9H2,1-2H3. The topological polar surface area (TPSA) is 52.6 Å². The molecule has 19 heavy (non-hydrogen) atoms. The molecule has 0 bridgehead atoms. The summed E-state index contributed by atoms with van der Waals surface area (Å²) in [5, 5.41) is 0. The van der Waals surface area contributed by atoms with Crippen molar-refractivity contribution in [2.24, 2.45) is 0 Å². The molecule has 1 fully saturated rings. The van der Waals surface area contributed by atoms with E-state index in [1.165, 1.54) is 0 Å². The third-order valence-electron chi connectivity index (χ3n) is 3.37. The lowest BCUT2D eigenvalue weighted by Crippen LogP contribution is -2.18. The van der Waals surface area contributed by atoms with E-state index in [9.17, 15) is 8.42 Å². The van der Waals surface area contributed by atoms with E-state index in [4.69, 9.17) is 8.92 Å². The molecule has 0 radical (unpaired) electrons. The van der Waals surface area contributed by atoms with Gasteiger partial charge in [-0.05, 0) is 44.2 Å². The van der Waals surface area contributed by atoms with Crippen LogP contribution in [0.25, 0.3) is 0 Å². The van der Waals surface area contributed by atoms with Crippen LogP contribution in [0.4, 0.5) is 0 Å². The van der Waals surface area contributed by atoms with Crippen LogP contribution in [0, 0.1) is 6.92 Å². The summed E-state index contributed by atoms with van der Waals surface area (Å²) in [5.74, 6) is 0.235. The Morgan fingerprint density at radius 3 is 2.63 bits per heavy atom. The molecule has 1 aromatic rings. The van der Waals surface area contributed by atoms with Crippen LogP contribution in [0.5, 0.6) is 0 Å². The molecule has 0 aliphatic carbocycles. The highest BCUT2D eigenvalue weighted by atomic mass is 32.2. The van der Waals surface area contributed by atoms with Crippen molar-refractivity contribution in [2.75, 3.05) is 19.8 Å². The molecule has 1 heterocycles. The van der Waals surface area contributed by atoms with E-state index in [0.29, 0.717) is 18.1 Å². The SMILES string of the molecule is CCOS(=O)(=O)c1ccc(C)cc1C1CCOCC1. The van der Waals surface area contributed by atoms with E-state index in [1.54, 1.807) is 13.0 Å². The van der Waals surface area contributed by atoms with Crippen LogP contribution >= 0.6 is 0 Å². The zero-order valence-electron chi connectivity index (χ0n) is 11.4. The van der Waals surface area contributed by atoms with Gasteiger partial charge in [0.15, 0.2) is 0 Å². The monoisotopic (exact) mass is 284 g/mol. The minimum absolute atomic E-state index is 0.156. The van der Waals surface area contributed by atoms with Gasteiger partial charge in [0.2, 0.25) is 0 Å². The van der Waals surface area contributed by atoms with Crippen molar-refractivity contribution in [1.29, 1.82) is 0 Å². The van der Waals surface area contributed by atoms with E-state index in [-0.39, 0.29) is 12.5 Å². The average Bonchev–Trinajstić information content (AvgIpc) is 2.39. The van der Waals surface area contributed by atoms with Crippen molar-refractivity contribution in [3.63, 3.8) is 0 Å². The lowest BCUT2D eigenvalue weighted by Gasteiger charge is -2.24. The second-order valence-corrected chi connectivity index (χ2v) is 6.37. The Bertz CT molecular complexity index is 530. The van der Waals surface area contributed by atoms with Gasteiger partial charge in [0.1, 0.15) is 0 Å². The fourth-order valence-electron chi connectivity index (χ4n) is 2.44. The van der Waals surface area contributed by atoms with Gasteiger partial charge < -0.3 is 4.74 Å². The third kappa shape index (κ3) is 3.35. The predicted molar refractivity (Wildman–Crippen MR) is 72.8 cm³/mol. The van der Waals surface area contributed by atoms with Gasteiger partial charge in [0, 0.05) is 13.2 Å². The molecule has 1 aromatic carbocycles. The van der Waals surface area contributed by atoms with Crippen LogP contribution in [0.15, 0.2) is 23.1 Å². The van der Waals surface area contributed by atoms with Crippen molar-refractivity contribution in [3.8, 4) is 0 Å². The highest BCUT2D eigenvalue weighted by Gasteiger charge is 2.25. The molecule has 0 unspecified atom stereocenters. The molecule has 0 spiro atoms. The minimum atomic E-state index is -3.65. The van der Waals surface area contributed by atoms with Crippen molar-refractivity contribution in [1.82, 2.24) is 0 Å². The van der Waals surface area contributed by atoms with Gasteiger partial charge in [-0.15, -0.1) is 0 Å². The van der Waals surface area contributed by atoms with E-state index in [2.05, 4.69) is 0 Å². The molecule has 106 valence electrons. The Hall–Kier alpha value is -0.910. The van der Waals surface area contributed by atoms with Gasteiger partial charge in [-0.3, -0.25) is 4.18 Å². The smallest absolute Gasteiger partial charge is 0.297 e. The quantitative estimate of drug-likeness (QED) is 0.798. The highest BCUT2D eigenvalue weighted by molar-refractivity contribution is 7.86. The van der Waals surface area contributed by atoms with Gasteiger partial charge >= 0.3 is 0 Å². The molecular weight excluding hydrogens is 264 g/mol. The predicted octanol–water partition coefficient (Wildman–Crippen LogP) is 2.61. The van der Waals surface area contributed by atoms with Crippen molar-refractivity contribution >= 4 is 10.1 Å². The van der Waals surface area contributed by atoms with Gasteiger partial charge in [-0.1, -0.05) is 17.7 Å². The highest BCUT2D eigenvalue weighted by Crippen LogP contribution is 2.33. The van der Waals surface area contributed by atoms with E-state index in [1.807, 2.05) is 19.1 Å². The van der Waals surface area contributed by atoms with Crippen molar-refractivity contribution in [3.05, 3.63) is 29.3 Å². The van der Waals surface area contributed by atoms with E-state index in [0.717, 1.165) is 24.0 Å². The Morgan fingerprint density at radius 2 is 2.00 bits per heavy atom. The summed E-state index contributed by atoms with van der Waals surface area (Å²) in [6.45, 7) is 5.18. The van der Waals surface area contributed by atoms with Gasteiger partial charge in [0.25, 0.3) is 10.1 Å². The summed E-state index contributed by atoms with van der Waals surface area (Å²) in [7, 11) is -3.65. The molecule has 0 aromatic heterocycles. The average molecular weight is 284 g/mol.